The topological polar surface area (TPSA) is 94.9 Å². The van der Waals surface area contributed by atoms with E-state index in [9.17, 15) is 14.7 Å². The zero-order chi connectivity index (χ0) is 20.0. The quantitative estimate of drug-likeness (QED) is 0.837. The Bertz CT molecular complexity index is 847. The monoisotopic (exact) mass is 400 g/mol. The first-order valence-electron chi connectivity index (χ1n) is 10.0. The molecule has 0 saturated carbocycles. The molecule has 1 spiro atoms. The zero-order valence-corrected chi connectivity index (χ0v) is 16.1. The van der Waals surface area contributed by atoms with E-state index in [1.807, 2.05) is 35.2 Å². The Morgan fingerprint density at radius 2 is 2.14 bits per heavy atom. The molecule has 3 saturated heterocycles. The molecule has 0 aliphatic carbocycles. The van der Waals surface area contributed by atoms with E-state index < -0.39 is 11.7 Å². The van der Waals surface area contributed by atoms with E-state index in [2.05, 4.69) is 5.16 Å². The molecule has 154 valence electrons. The molecule has 3 atom stereocenters. The van der Waals surface area contributed by atoms with Crippen molar-refractivity contribution in [1.29, 1.82) is 0 Å². The third-order valence-corrected chi connectivity index (χ3v) is 6.37. The first-order chi connectivity index (χ1) is 14.0. The summed E-state index contributed by atoms with van der Waals surface area (Å²) in [6.07, 6.45) is 1.92. The fourth-order valence-corrected chi connectivity index (χ4v) is 4.82. The molecular weight excluding hydrogens is 376 g/mol. The smallest absolute Gasteiger partial charge is 0.407 e. The first kappa shape index (κ1) is 18.2. The second-order valence-corrected chi connectivity index (χ2v) is 8.25. The van der Waals surface area contributed by atoms with E-state index in [0.717, 1.165) is 24.1 Å². The van der Waals surface area contributed by atoms with Crippen LogP contribution in [0.3, 0.4) is 0 Å². The van der Waals surface area contributed by atoms with Gasteiger partial charge in [0.05, 0.1) is 24.3 Å². The highest BCUT2D eigenvalue weighted by Gasteiger charge is 2.52. The molecule has 1 N–H and O–H groups in total. The number of carboxylic acid groups (broad SMARTS) is 1. The molecule has 0 unspecified atom stereocenters. The molecule has 9 heteroatoms. The maximum Gasteiger partial charge on any atom is 0.407 e. The highest BCUT2D eigenvalue weighted by molar-refractivity contribution is 5.95. The van der Waals surface area contributed by atoms with Gasteiger partial charge in [-0.15, -0.1) is 0 Å². The van der Waals surface area contributed by atoms with E-state index in [4.69, 9.17) is 9.68 Å². The van der Waals surface area contributed by atoms with Gasteiger partial charge in [0.25, 0.3) is 0 Å². The van der Waals surface area contributed by atoms with Crippen LogP contribution in [0.1, 0.15) is 31.2 Å². The molecular formula is C20H24N4O5. The molecule has 3 fully saturated rings. The predicted molar refractivity (Wildman–Crippen MR) is 102 cm³/mol. The summed E-state index contributed by atoms with van der Waals surface area (Å²) in [5.41, 5.74) is 1.29. The molecule has 3 amide bonds. The number of carbonyl (C=O) groups is 2. The Morgan fingerprint density at radius 1 is 1.31 bits per heavy atom. The number of hydrogen-bond donors (Lipinski definition) is 1. The number of hydroxylamine groups is 2. The minimum Gasteiger partial charge on any atom is -0.465 e. The highest BCUT2D eigenvalue weighted by Crippen LogP contribution is 2.38. The maximum absolute atomic E-state index is 13.0. The average Bonchev–Trinajstić information content (AvgIpc) is 3.41. The molecule has 1 aromatic carbocycles. The van der Waals surface area contributed by atoms with Gasteiger partial charge < -0.3 is 19.7 Å². The molecule has 29 heavy (non-hydrogen) atoms. The van der Waals surface area contributed by atoms with Crippen LogP contribution in [0, 0.1) is 0 Å². The van der Waals surface area contributed by atoms with Crippen molar-refractivity contribution in [3.05, 3.63) is 35.9 Å². The molecule has 5 rings (SSSR count). The van der Waals surface area contributed by atoms with Gasteiger partial charge in [0, 0.05) is 25.9 Å². The third kappa shape index (κ3) is 3.19. The summed E-state index contributed by atoms with van der Waals surface area (Å²) in [5.74, 6) is 0. The van der Waals surface area contributed by atoms with Crippen molar-refractivity contribution in [1.82, 2.24) is 14.9 Å². The summed E-state index contributed by atoms with van der Waals surface area (Å²) >= 11 is 0. The molecule has 4 aliphatic heterocycles. The minimum absolute atomic E-state index is 0.0494. The number of nitrogens with zero attached hydrogens (tertiary/aromatic N) is 4. The van der Waals surface area contributed by atoms with Crippen molar-refractivity contribution in [3.8, 4) is 0 Å². The van der Waals surface area contributed by atoms with Crippen LogP contribution in [-0.2, 0) is 16.3 Å². The lowest BCUT2D eigenvalue weighted by atomic mass is 9.89. The second kappa shape index (κ2) is 6.91. The minimum atomic E-state index is -0.930. The largest absolute Gasteiger partial charge is 0.465 e. The molecule has 2 bridgehead atoms. The van der Waals surface area contributed by atoms with Crippen LogP contribution < -0.4 is 0 Å². The number of likely N-dealkylation sites (tertiary alicyclic amines) is 1. The van der Waals surface area contributed by atoms with Gasteiger partial charge >= 0.3 is 12.1 Å². The normalized spacial score (nSPS) is 30.8. The molecule has 4 heterocycles. The number of piperidine rings is 1. The van der Waals surface area contributed by atoms with E-state index in [1.165, 1.54) is 9.96 Å². The Kier molecular flexibility index (Phi) is 4.34. The third-order valence-electron chi connectivity index (χ3n) is 6.37. The number of fused-ring (bicyclic) bond motifs is 2. The SMILES string of the molecule is O=C(O)N1CC[C@@]2(CC([C@@H]3CC[C@@H]4CN3C(=O)N4OCc3ccccc3)=NO2)C1. The van der Waals surface area contributed by atoms with Crippen LogP contribution in [0.4, 0.5) is 9.59 Å². The summed E-state index contributed by atoms with van der Waals surface area (Å²) < 4.78 is 0. The summed E-state index contributed by atoms with van der Waals surface area (Å²) in [6, 6.07) is 9.61. The molecule has 0 aromatic heterocycles. The van der Waals surface area contributed by atoms with Crippen LogP contribution in [0.25, 0.3) is 0 Å². The number of hydrogen-bond acceptors (Lipinski definition) is 5. The summed E-state index contributed by atoms with van der Waals surface area (Å²) in [7, 11) is 0. The van der Waals surface area contributed by atoms with Gasteiger partial charge in [-0.3, -0.25) is 4.84 Å². The van der Waals surface area contributed by atoms with Gasteiger partial charge in [-0.2, -0.15) is 5.06 Å². The Balaban J connectivity index is 1.23. The number of amides is 3. The maximum atomic E-state index is 13.0. The fourth-order valence-electron chi connectivity index (χ4n) is 4.82. The highest BCUT2D eigenvalue weighted by atomic mass is 16.7. The number of carbonyl (C=O) groups excluding carboxylic acids is 1. The van der Waals surface area contributed by atoms with Crippen LogP contribution in [-0.4, -0.2) is 75.1 Å². The van der Waals surface area contributed by atoms with Crippen LogP contribution in [0.5, 0.6) is 0 Å². The Hall–Kier alpha value is -2.81. The van der Waals surface area contributed by atoms with Crippen LogP contribution >= 0.6 is 0 Å². The van der Waals surface area contributed by atoms with Crippen molar-refractivity contribution >= 4 is 17.8 Å². The average molecular weight is 400 g/mol. The lowest BCUT2D eigenvalue weighted by Gasteiger charge is -2.30. The van der Waals surface area contributed by atoms with E-state index in [-0.39, 0.29) is 18.1 Å². The van der Waals surface area contributed by atoms with Crippen molar-refractivity contribution in [2.75, 3.05) is 19.6 Å². The standard InChI is InChI=1S/C20H24N4O5/c25-18-23-11-15(24(18)28-12-14-4-2-1-3-5-14)6-7-17(23)16-10-20(29-21-16)8-9-22(13-20)19(26)27/h1-5,15,17H,6-13H2,(H,26,27)/t15-,17+,20-/m1/s1. The van der Waals surface area contributed by atoms with E-state index >= 15 is 0 Å². The van der Waals surface area contributed by atoms with Gasteiger partial charge in [-0.25, -0.2) is 9.59 Å². The molecule has 1 aromatic rings. The molecule has 0 radical (unpaired) electrons. The van der Waals surface area contributed by atoms with Crippen molar-refractivity contribution in [2.24, 2.45) is 5.16 Å². The summed E-state index contributed by atoms with van der Waals surface area (Å²) in [4.78, 5) is 39.0. The summed E-state index contributed by atoms with van der Waals surface area (Å²) in [6.45, 7) is 1.75. The van der Waals surface area contributed by atoms with Gasteiger partial charge in [0.2, 0.25) is 0 Å². The molecule has 9 nitrogen and oxygen atoms in total. The Morgan fingerprint density at radius 3 is 2.90 bits per heavy atom. The van der Waals surface area contributed by atoms with Crippen LogP contribution in [0.2, 0.25) is 0 Å². The van der Waals surface area contributed by atoms with Gasteiger partial charge in [0.1, 0.15) is 6.61 Å². The number of rotatable bonds is 4. The zero-order valence-electron chi connectivity index (χ0n) is 16.1. The van der Waals surface area contributed by atoms with Gasteiger partial charge in [-0.1, -0.05) is 35.5 Å². The van der Waals surface area contributed by atoms with E-state index in [1.54, 1.807) is 0 Å². The fraction of sp³-hybridized carbons (Fsp3) is 0.550. The second-order valence-electron chi connectivity index (χ2n) is 8.25. The lowest BCUT2D eigenvalue weighted by molar-refractivity contribution is -0.140. The number of oxime groups is 1. The lowest BCUT2D eigenvalue weighted by Crippen LogP contribution is -2.46. The van der Waals surface area contributed by atoms with Crippen molar-refractivity contribution in [2.45, 2.75) is 50.0 Å². The Labute approximate surface area is 168 Å². The van der Waals surface area contributed by atoms with E-state index in [0.29, 0.717) is 39.1 Å². The van der Waals surface area contributed by atoms with Crippen molar-refractivity contribution < 1.29 is 24.4 Å². The van der Waals surface area contributed by atoms with Crippen molar-refractivity contribution in [3.63, 3.8) is 0 Å². The predicted octanol–water partition coefficient (Wildman–Crippen LogP) is 2.29. The first-order valence-corrected chi connectivity index (χ1v) is 10.0. The van der Waals surface area contributed by atoms with Gasteiger partial charge in [0.15, 0.2) is 5.60 Å². The van der Waals surface area contributed by atoms with Crippen LogP contribution in [0.15, 0.2) is 35.5 Å². The molecule has 4 aliphatic rings. The number of benzene rings is 1. The van der Waals surface area contributed by atoms with Gasteiger partial charge in [-0.05, 0) is 18.4 Å². The summed E-state index contributed by atoms with van der Waals surface area (Å²) in [5, 5.41) is 15.0. The number of urea groups is 1.